The average molecular weight is 299 g/mol. The van der Waals surface area contributed by atoms with Crippen molar-refractivity contribution in [3.05, 3.63) is 60.4 Å². The van der Waals surface area contributed by atoms with Crippen LogP contribution in [-0.2, 0) is 0 Å². The second-order valence-electron chi connectivity index (χ2n) is 4.42. The van der Waals surface area contributed by atoms with Gasteiger partial charge >= 0.3 is 0 Å². The molecule has 2 aromatic carbocycles. The highest BCUT2D eigenvalue weighted by Gasteiger charge is 2.15. The number of benzene rings is 2. The summed E-state index contributed by atoms with van der Waals surface area (Å²) < 4.78 is 15.1. The van der Waals surface area contributed by atoms with E-state index in [0.717, 1.165) is 28.0 Å². The molecular weight excluding hydrogens is 285 g/mol. The van der Waals surface area contributed by atoms with Crippen molar-refractivity contribution in [1.82, 2.24) is 14.8 Å². The maximum atomic E-state index is 13.2. The van der Waals surface area contributed by atoms with Crippen molar-refractivity contribution in [2.24, 2.45) is 0 Å². The van der Waals surface area contributed by atoms with Crippen LogP contribution in [0.4, 0.5) is 4.39 Å². The smallest absolute Gasteiger partial charge is 0.196 e. The van der Waals surface area contributed by atoms with Crippen molar-refractivity contribution in [3.8, 4) is 17.1 Å². The van der Waals surface area contributed by atoms with Crippen LogP contribution in [-0.4, -0.2) is 20.5 Å². The molecule has 3 rings (SSSR count). The van der Waals surface area contributed by atoms with Crippen LogP contribution in [0, 0.1) is 5.82 Å². The highest BCUT2D eigenvalue weighted by Crippen LogP contribution is 2.27. The van der Waals surface area contributed by atoms with Gasteiger partial charge < -0.3 is 0 Å². The third-order valence-electron chi connectivity index (χ3n) is 3.02. The van der Waals surface area contributed by atoms with Crippen molar-refractivity contribution < 1.29 is 4.39 Å². The van der Waals surface area contributed by atoms with Crippen LogP contribution in [0.25, 0.3) is 17.1 Å². The fourth-order valence-electron chi connectivity index (χ4n) is 2.09. The lowest BCUT2D eigenvalue weighted by Gasteiger charge is -2.09. The second-order valence-corrected chi connectivity index (χ2v) is 5.65. The summed E-state index contributed by atoms with van der Waals surface area (Å²) in [7, 11) is 0. The Morgan fingerprint density at radius 1 is 1.00 bits per heavy atom. The van der Waals surface area contributed by atoms with Gasteiger partial charge in [-0.3, -0.25) is 4.57 Å². The lowest BCUT2D eigenvalue weighted by molar-refractivity contribution is 0.627. The van der Waals surface area contributed by atoms with Crippen LogP contribution < -0.4 is 0 Å². The van der Waals surface area contributed by atoms with Gasteiger partial charge in [0.2, 0.25) is 0 Å². The molecule has 21 heavy (non-hydrogen) atoms. The number of nitrogens with zero attached hydrogens (tertiary/aromatic N) is 3. The fourth-order valence-corrected chi connectivity index (χ4v) is 2.77. The summed E-state index contributed by atoms with van der Waals surface area (Å²) in [5.74, 6) is 1.41. The monoisotopic (exact) mass is 299 g/mol. The van der Waals surface area contributed by atoms with Gasteiger partial charge in [0.05, 0.1) is 0 Å². The summed E-state index contributed by atoms with van der Waals surface area (Å²) in [6.07, 6.45) is 0. The average Bonchev–Trinajstić information content (AvgIpc) is 2.93. The summed E-state index contributed by atoms with van der Waals surface area (Å²) in [5.41, 5.74) is 1.84. The standard InChI is InChI=1S/C16H14FN3S/c1-2-21-16-19-18-15(12-6-4-3-5-7-12)20(16)14-10-8-13(17)9-11-14/h3-11H,2H2,1H3. The van der Waals surface area contributed by atoms with Crippen LogP contribution in [0.1, 0.15) is 6.92 Å². The van der Waals surface area contributed by atoms with Gasteiger partial charge in [0.1, 0.15) is 5.82 Å². The Bertz CT molecular complexity index is 723. The zero-order valence-electron chi connectivity index (χ0n) is 11.5. The molecular formula is C16H14FN3S. The van der Waals surface area contributed by atoms with E-state index in [1.807, 2.05) is 34.9 Å². The van der Waals surface area contributed by atoms with Crippen LogP contribution in [0.3, 0.4) is 0 Å². The molecule has 0 fully saturated rings. The van der Waals surface area contributed by atoms with E-state index in [1.54, 1.807) is 23.9 Å². The topological polar surface area (TPSA) is 30.7 Å². The third-order valence-corrected chi connectivity index (χ3v) is 3.83. The van der Waals surface area contributed by atoms with Crippen molar-refractivity contribution in [1.29, 1.82) is 0 Å². The summed E-state index contributed by atoms with van der Waals surface area (Å²) in [5, 5.41) is 9.37. The van der Waals surface area contributed by atoms with E-state index in [0.29, 0.717) is 0 Å². The first kappa shape index (κ1) is 13.8. The number of halogens is 1. The molecule has 0 N–H and O–H groups in total. The predicted octanol–water partition coefficient (Wildman–Crippen LogP) is 4.19. The van der Waals surface area contributed by atoms with E-state index in [9.17, 15) is 4.39 Å². The number of hydrogen-bond acceptors (Lipinski definition) is 3. The minimum absolute atomic E-state index is 0.252. The third kappa shape index (κ3) is 2.83. The quantitative estimate of drug-likeness (QED) is 0.677. The number of aromatic nitrogens is 3. The molecule has 1 aromatic heterocycles. The van der Waals surface area contributed by atoms with Gasteiger partial charge in [-0.1, -0.05) is 49.0 Å². The van der Waals surface area contributed by atoms with E-state index >= 15 is 0 Å². The molecule has 5 heteroatoms. The Kier molecular flexibility index (Phi) is 4.01. The first-order chi connectivity index (χ1) is 10.3. The van der Waals surface area contributed by atoms with Crippen LogP contribution in [0.15, 0.2) is 59.8 Å². The maximum Gasteiger partial charge on any atom is 0.196 e. The van der Waals surface area contributed by atoms with Crippen molar-refractivity contribution in [3.63, 3.8) is 0 Å². The molecule has 1 heterocycles. The lowest BCUT2D eigenvalue weighted by atomic mass is 10.2. The van der Waals surface area contributed by atoms with E-state index in [1.165, 1.54) is 12.1 Å². The summed E-state index contributed by atoms with van der Waals surface area (Å²) in [6.45, 7) is 2.07. The van der Waals surface area contributed by atoms with Gasteiger partial charge in [-0.15, -0.1) is 10.2 Å². The van der Waals surface area contributed by atoms with Crippen LogP contribution in [0.5, 0.6) is 0 Å². The maximum absolute atomic E-state index is 13.2. The summed E-state index contributed by atoms with van der Waals surface area (Å²) in [6, 6.07) is 16.3. The molecule has 0 atom stereocenters. The van der Waals surface area contributed by atoms with Gasteiger partial charge in [0, 0.05) is 11.3 Å². The lowest BCUT2D eigenvalue weighted by Crippen LogP contribution is -1.99. The first-order valence-electron chi connectivity index (χ1n) is 6.69. The van der Waals surface area contributed by atoms with Gasteiger partial charge in [-0.2, -0.15) is 0 Å². The molecule has 0 aliphatic heterocycles. The zero-order chi connectivity index (χ0) is 14.7. The number of rotatable bonds is 4. The van der Waals surface area contributed by atoms with Crippen LogP contribution >= 0.6 is 11.8 Å². The molecule has 0 bridgehead atoms. The molecule has 3 nitrogen and oxygen atoms in total. The van der Waals surface area contributed by atoms with E-state index in [4.69, 9.17) is 0 Å². The van der Waals surface area contributed by atoms with Gasteiger partial charge in [0.15, 0.2) is 11.0 Å². The molecule has 0 aliphatic rings. The summed E-state index contributed by atoms with van der Waals surface area (Å²) in [4.78, 5) is 0. The Hall–Kier alpha value is -2.14. The molecule has 3 aromatic rings. The highest BCUT2D eigenvalue weighted by atomic mass is 32.2. The van der Waals surface area contributed by atoms with Crippen molar-refractivity contribution >= 4 is 11.8 Å². The molecule has 0 saturated carbocycles. The van der Waals surface area contributed by atoms with Gasteiger partial charge in [-0.25, -0.2) is 4.39 Å². The molecule has 0 unspecified atom stereocenters. The SMILES string of the molecule is CCSc1nnc(-c2ccccc2)n1-c1ccc(F)cc1. The van der Waals surface area contributed by atoms with E-state index in [-0.39, 0.29) is 5.82 Å². The Morgan fingerprint density at radius 2 is 1.71 bits per heavy atom. The van der Waals surface area contributed by atoms with Gasteiger partial charge in [0.25, 0.3) is 0 Å². The minimum Gasteiger partial charge on any atom is -0.270 e. The van der Waals surface area contributed by atoms with Crippen molar-refractivity contribution in [2.45, 2.75) is 12.1 Å². The zero-order valence-corrected chi connectivity index (χ0v) is 12.3. The molecule has 0 radical (unpaired) electrons. The molecule has 0 amide bonds. The highest BCUT2D eigenvalue weighted by molar-refractivity contribution is 7.99. The normalized spacial score (nSPS) is 10.8. The molecule has 0 saturated heterocycles. The van der Waals surface area contributed by atoms with Crippen LogP contribution in [0.2, 0.25) is 0 Å². The first-order valence-corrected chi connectivity index (χ1v) is 7.67. The molecule has 106 valence electrons. The van der Waals surface area contributed by atoms with Gasteiger partial charge in [-0.05, 0) is 30.0 Å². The fraction of sp³-hybridized carbons (Fsp3) is 0.125. The van der Waals surface area contributed by atoms with E-state index < -0.39 is 0 Å². The molecule has 0 aliphatic carbocycles. The number of hydrogen-bond donors (Lipinski definition) is 0. The summed E-state index contributed by atoms with van der Waals surface area (Å²) >= 11 is 1.61. The Balaban J connectivity index is 2.16. The van der Waals surface area contributed by atoms with E-state index in [2.05, 4.69) is 17.1 Å². The second kappa shape index (κ2) is 6.10. The Morgan fingerprint density at radius 3 is 2.38 bits per heavy atom. The predicted molar refractivity (Wildman–Crippen MR) is 83.2 cm³/mol. The largest absolute Gasteiger partial charge is 0.270 e. The Labute approximate surface area is 126 Å². The minimum atomic E-state index is -0.252. The number of thioether (sulfide) groups is 1. The van der Waals surface area contributed by atoms with Crippen molar-refractivity contribution in [2.75, 3.05) is 5.75 Å². The molecule has 0 spiro atoms.